The van der Waals surface area contributed by atoms with Gasteiger partial charge in [-0.3, -0.25) is 0 Å². The van der Waals surface area contributed by atoms with Crippen molar-refractivity contribution >= 4 is 0 Å². The first-order valence-corrected chi connectivity index (χ1v) is 5.95. The molecule has 1 aromatic rings. The Bertz CT molecular complexity index is 382. The molecule has 0 radical (unpaired) electrons. The van der Waals surface area contributed by atoms with Gasteiger partial charge in [0.25, 0.3) is 0 Å². The molecule has 0 amide bonds. The second kappa shape index (κ2) is 5.18. The summed E-state index contributed by atoms with van der Waals surface area (Å²) >= 11 is 0. The molecule has 0 aliphatic heterocycles. The van der Waals surface area contributed by atoms with Gasteiger partial charge in [-0.05, 0) is 43.5 Å². The number of halogens is 3. The lowest BCUT2D eigenvalue weighted by molar-refractivity contribution is -0.153. The van der Waals surface area contributed by atoms with E-state index in [1.165, 1.54) is 5.56 Å². The molecule has 0 heterocycles. The first-order valence-electron chi connectivity index (χ1n) is 5.95. The molecule has 1 aromatic carbocycles. The van der Waals surface area contributed by atoms with Crippen molar-refractivity contribution in [3.05, 3.63) is 29.8 Å². The van der Waals surface area contributed by atoms with Crippen LogP contribution >= 0.6 is 0 Å². The highest BCUT2D eigenvalue weighted by Gasteiger charge is 2.30. The van der Waals surface area contributed by atoms with Gasteiger partial charge in [0.05, 0.1) is 0 Å². The summed E-state index contributed by atoms with van der Waals surface area (Å²) in [5.41, 5.74) is 1.17. The van der Waals surface area contributed by atoms with E-state index >= 15 is 0 Å². The summed E-state index contributed by atoms with van der Waals surface area (Å²) in [4.78, 5) is 0. The molecule has 1 saturated carbocycles. The number of benzene rings is 1. The third-order valence-electron chi connectivity index (χ3n) is 3.30. The molecule has 0 bridgehead atoms. The van der Waals surface area contributed by atoms with Crippen LogP contribution in [-0.2, 0) is 0 Å². The Kier molecular flexibility index (Phi) is 3.80. The second-order valence-electron chi connectivity index (χ2n) is 4.63. The average molecular weight is 259 g/mol. The molecule has 5 heteroatoms. The standard InChI is InChI=1S/C13H16F3NO/c1-17-11-6-10(7-11)9-2-4-12(5-3-9)18-8-13(14,15)16/h2-5,10-11,17H,6-8H2,1H3. The molecule has 0 saturated heterocycles. The minimum absolute atomic E-state index is 0.264. The van der Waals surface area contributed by atoms with Crippen LogP contribution in [0.15, 0.2) is 24.3 Å². The molecule has 1 fully saturated rings. The molecule has 1 aliphatic carbocycles. The minimum atomic E-state index is -4.29. The molecule has 2 nitrogen and oxygen atoms in total. The van der Waals surface area contributed by atoms with Crippen molar-refractivity contribution < 1.29 is 17.9 Å². The van der Waals surface area contributed by atoms with Gasteiger partial charge in [-0.25, -0.2) is 0 Å². The highest BCUT2D eigenvalue weighted by molar-refractivity contribution is 5.31. The molecule has 1 aliphatic rings. The summed E-state index contributed by atoms with van der Waals surface area (Å²) in [5, 5.41) is 3.20. The summed E-state index contributed by atoms with van der Waals surface area (Å²) < 4.78 is 40.5. The lowest BCUT2D eigenvalue weighted by Crippen LogP contribution is -2.37. The fourth-order valence-electron chi connectivity index (χ4n) is 2.13. The normalized spacial score (nSPS) is 23.6. The quantitative estimate of drug-likeness (QED) is 0.897. The predicted molar refractivity (Wildman–Crippen MR) is 62.8 cm³/mol. The van der Waals surface area contributed by atoms with Crippen molar-refractivity contribution in [2.45, 2.75) is 31.0 Å². The maximum atomic E-state index is 12.0. The number of ether oxygens (including phenoxy) is 1. The van der Waals surface area contributed by atoms with E-state index in [-0.39, 0.29) is 5.75 Å². The fraction of sp³-hybridized carbons (Fsp3) is 0.538. The van der Waals surface area contributed by atoms with Crippen LogP contribution in [0.25, 0.3) is 0 Å². The molecule has 18 heavy (non-hydrogen) atoms. The first-order chi connectivity index (χ1) is 8.48. The second-order valence-corrected chi connectivity index (χ2v) is 4.63. The van der Waals surface area contributed by atoms with Crippen molar-refractivity contribution in [2.75, 3.05) is 13.7 Å². The lowest BCUT2D eigenvalue weighted by atomic mass is 9.76. The number of rotatable bonds is 4. The van der Waals surface area contributed by atoms with Crippen LogP contribution in [0, 0.1) is 0 Å². The van der Waals surface area contributed by atoms with Crippen LogP contribution in [0.5, 0.6) is 5.75 Å². The Hall–Kier alpha value is -1.23. The van der Waals surface area contributed by atoms with Crippen LogP contribution in [0.4, 0.5) is 13.2 Å². The molecule has 0 unspecified atom stereocenters. The van der Waals surface area contributed by atoms with Gasteiger partial charge in [0.1, 0.15) is 5.75 Å². The Balaban J connectivity index is 1.86. The van der Waals surface area contributed by atoms with E-state index < -0.39 is 12.8 Å². The smallest absolute Gasteiger partial charge is 0.422 e. The number of nitrogens with one attached hydrogen (secondary N) is 1. The minimum Gasteiger partial charge on any atom is -0.484 e. The van der Waals surface area contributed by atoms with E-state index in [0.29, 0.717) is 12.0 Å². The topological polar surface area (TPSA) is 21.3 Å². The highest BCUT2D eigenvalue weighted by atomic mass is 19.4. The van der Waals surface area contributed by atoms with E-state index in [1.807, 2.05) is 19.2 Å². The van der Waals surface area contributed by atoms with Gasteiger partial charge in [0.2, 0.25) is 0 Å². The van der Waals surface area contributed by atoms with Crippen LogP contribution < -0.4 is 10.1 Å². The summed E-state index contributed by atoms with van der Waals surface area (Å²) in [6.07, 6.45) is -2.12. The molecule has 100 valence electrons. The number of alkyl halides is 3. The van der Waals surface area contributed by atoms with Crippen molar-refractivity contribution in [3.63, 3.8) is 0 Å². The van der Waals surface area contributed by atoms with Crippen LogP contribution in [0.2, 0.25) is 0 Å². The zero-order chi connectivity index (χ0) is 13.2. The summed E-state index contributed by atoms with van der Waals surface area (Å²) in [6.45, 7) is -1.24. The summed E-state index contributed by atoms with van der Waals surface area (Å²) in [6, 6.07) is 7.47. The highest BCUT2D eigenvalue weighted by Crippen LogP contribution is 2.37. The Morgan fingerprint density at radius 1 is 1.22 bits per heavy atom. The number of hydrogen-bond acceptors (Lipinski definition) is 2. The fourth-order valence-corrected chi connectivity index (χ4v) is 2.13. The molecule has 0 aromatic heterocycles. The van der Waals surface area contributed by atoms with E-state index in [0.717, 1.165) is 12.8 Å². The van der Waals surface area contributed by atoms with Crippen molar-refractivity contribution in [1.29, 1.82) is 0 Å². The maximum Gasteiger partial charge on any atom is 0.422 e. The molecule has 1 N–H and O–H groups in total. The summed E-state index contributed by atoms with van der Waals surface area (Å²) in [7, 11) is 1.94. The van der Waals surface area contributed by atoms with Gasteiger partial charge >= 0.3 is 6.18 Å². The Morgan fingerprint density at radius 3 is 2.33 bits per heavy atom. The van der Waals surface area contributed by atoms with E-state index in [1.54, 1.807) is 12.1 Å². The monoisotopic (exact) mass is 259 g/mol. The maximum absolute atomic E-state index is 12.0. The molecular weight excluding hydrogens is 243 g/mol. The van der Waals surface area contributed by atoms with E-state index in [9.17, 15) is 13.2 Å². The average Bonchev–Trinajstić information content (AvgIpc) is 2.25. The van der Waals surface area contributed by atoms with Gasteiger partial charge < -0.3 is 10.1 Å². The van der Waals surface area contributed by atoms with E-state index in [2.05, 4.69) is 10.1 Å². The lowest BCUT2D eigenvalue weighted by Gasteiger charge is -2.35. The van der Waals surface area contributed by atoms with Crippen molar-refractivity contribution in [1.82, 2.24) is 5.32 Å². The van der Waals surface area contributed by atoms with E-state index in [4.69, 9.17) is 0 Å². The summed E-state index contributed by atoms with van der Waals surface area (Å²) in [5.74, 6) is 0.777. The third kappa shape index (κ3) is 3.38. The molecular formula is C13H16F3NO. The van der Waals surface area contributed by atoms with Gasteiger partial charge in [0.15, 0.2) is 6.61 Å². The third-order valence-corrected chi connectivity index (χ3v) is 3.30. The Labute approximate surface area is 104 Å². The van der Waals surface area contributed by atoms with Crippen LogP contribution in [0.1, 0.15) is 24.3 Å². The van der Waals surface area contributed by atoms with Gasteiger partial charge in [0, 0.05) is 6.04 Å². The Morgan fingerprint density at radius 2 is 1.83 bits per heavy atom. The number of hydrogen-bond donors (Lipinski definition) is 1. The van der Waals surface area contributed by atoms with Crippen LogP contribution in [-0.4, -0.2) is 25.9 Å². The zero-order valence-corrected chi connectivity index (χ0v) is 10.1. The van der Waals surface area contributed by atoms with Gasteiger partial charge in [-0.1, -0.05) is 12.1 Å². The molecule has 0 atom stereocenters. The molecule has 2 rings (SSSR count). The van der Waals surface area contributed by atoms with Crippen molar-refractivity contribution in [2.24, 2.45) is 0 Å². The largest absolute Gasteiger partial charge is 0.484 e. The predicted octanol–water partition coefficient (Wildman–Crippen LogP) is 3.09. The van der Waals surface area contributed by atoms with Crippen LogP contribution in [0.3, 0.4) is 0 Å². The van der Waals surface area contributed by atoms with Gasteiger partial charge in [-0.15, -0.1) is 0 Å². The van der Waals surface area contributed by atoms with Gasteiger partial charge in [-0.2, -0.15) is 13.2 Å². The SMILES string of the molecule is CNC1CC(c2ccc(OCC(F)(F)F)cc2)C1. The van der Waals surface area contributed by atoms with Crippen molar-refractivity contribution in [3.8, 4) is 5.75 Å². The first kappa shape index (κ1) is 13.2. The molecule has 0 spiro atoms. The zero-order valence-electron chi connectivity index (χ0n) is 10.1.